The quantitative estimate of drug-likeness (QED) is 0.837. The van der Waals surface area contributed by atoms with Crippen molar-refractivity contribution in [3.8, 4) is 16.9 Å². The Balaban J connectivity index is 2.03. The smallest absolute Gasteiger partial charge is 0.229 e. The molecule has 0 aliphatic carbocycles. The van der Waals surface area contributed by atoms with Crippen LogP contribution in [0, 0.1) is 0 Å². The lowest BCUT2D eigenvalue weighted by atomic mass is 9.93. The number of anilines is 1. The fourth-order valence-electron chi connectivity index (χ4n) is 2.27. The second kappa shape index (κ2) is 3.77. The molecule has 4 heteroatoms. The number of fused-ring (bicyclic) bond motifs is 1. The maximum atomic E-state index is 6.01. The monoisotopic (exact) mass is 244 g/mol. The molecule has 0 fully saturated rings. The van der Waals surface area contributed by atoms with Gasteiger partial charge >= 0.3 is 0 Å². The first kappa shape index (κ1) is 11.1. The van der Waals surface area contributed by atoms with E-state index in [1.807, 2.05) is 12.1 Å². The van der Waals surface area contributed by atoms with Gasteiger partial charge in [-0.3, -0.25) is 0 Å². The van der Waals surface area contributed by atoms with Crippen molar-refractivity contribution in [3.05, 3.63) is 30.0 Å². The molecule has 0 saturated carbocycles. The van der Waals surface area contributed by atoms with Crippen molar-refractivity contribution in [1.29, 1.82) is 0 Å². The van der Waals surface area contributed by atoms with Gasteiger partial charge in [-0.1, -0.05) is 17.3 Å². The van der Waals surface area contributed by atoms with Crippen LogP contribution in [0.15, 0.2) is 28.9 Å². The van der Waals surface area contributed by atoms with Crippen molar-refractivity contribution in [3.63, 3.8) is 0 Å². The van der Waals surface area contributed by atoms with Gasteiger partial charge in [-0.15, -0.1) is 0 Å². The number of ether oxygens (including phenoxy) is 1. The van der Waals surface area contributed by atoms with E-state index >= 15 is 0 Å². The number of aryl methyl sites for hydroxylation is 1. The zero-order valence-electron chi connectivity index (χ0n) is 10.6. The maximum Gasteiger partial charge on any atom is 0.229 e. The van der Waals surface area contributed by atoms with E-state index in [1.165, 1.54) is 5.56 Å². The summed E-state index contributed by atoms with van der Waals surface area (Å²) < 4.78 is 10.9. The maximum absolute atomic E-state index is 6.01. The van der Waals surface area contributed by atoms with Crippen molar-refractivity contribution in [2.75, 3.05) is 5.73 Å². The molecule has 94 valence electrons. The second-order valence-corrected chi connectivity index (χ2v) is 5.29. The standard InChI is InChI=1S/C14H16N2O2/c1-14(2)6-5-9-3-4-10(7-12(9)17-14)11-8-16-18-13(11)15/h3-4,7-8H,5-6,15H2,1-2H3. The van der Waals surface area contributed by atoms with Gasteiger partial charge in [0.2, 0.25) is 5.88 Å². The predicted molar refractivity (Wildman–Crippen MR) is 69.4 cm³/mol. The number of nitrogen functional groups attached to an aromatic ring is 1. The Morgan fingerprint density at radius 2 is 2.17 bits per heavy atom. The van der Waals surface area contributed by atoms with Crippen molar-refractivity contribution < 1.29 is 9.26 Å². The molecule has 1 aromatic heterocycles. The molecular weight excluding hydrogens is 228 g/mol. The van der Waals surface area contributed by atoms with Crippen molar-refractivity contribution >= 4 is 5.88 Å². The first-order valence-corrected chi connectivity index (χ1v) is 6.08. The Hall–Kier alpha value is -1.97. The Bertz CT molecular complexity index is 587. The van der Waals surface area contributed by atoms with E-state index < -0.39 is 0 Å². The first-order chi connectivity index (χ1) is 8.55. The minimum atomic E-state index is -0.105. The van der Waals surface area contributed by atoms with E-state index in [0.29, 0.717) is 5.88 Å². The molecule has 1 aliphatic rings. The van der Waals surface area contributed by atoms with Gasteiger partial charge in [-0.25, -0.2) is 0 Å². The van der Waals surface area contributed by atoms with Crippen molar-refractivity contribution in [2.45, 2.75) is 32.3 Å². The predicted octanol–water partition coefficient (Wildman–Crippen LogP) is 3.03. The Morgan fingerprint density at radius 1 is 1.33 bits per heavy atom. The molecule has 2 aromatic rings. The molecule has 1 aromatic carbocycles. The van der Waals surface area contributed by atoms with E-state index in [2.05, 4.69) is 25.1 Å². The van der Waals surface area contributed by atoms with Gasteiger partial charge in [0.15, 0.2) is 0 Å². The highest BCUT2D eigenvalue weighted by Gasteiger charge is 2.26. The van der Waals surface area contributed by atoms with E-state index in [-0.39, 0.29) is 5.60 Å². The molecule has 0 amide bonds. The molecule has 0 spiro atoms. The van der Waals surface area contributed by atoms with Crippen LogP contribution in [0.4, 0.5) is 5.88 Å². The summed E-state index contributed by atoms with van der Waals surface area (Å²) in [7, 11) is 0. The summed E-state index contributed by atoms with van der Waals surface area (Å²) in [6.45, 7) is 4.22. The van der Waals surface area contributed by atoms with E-state index in [1.54, 1.807) is 6.20 Å². The minimum Gasteiger partial charge on any atom is -0.488 e. The average molecular weight is 244 g/mol. The van der Waals surface area contributed by atoms with Crippen LogP contribution in [-0.4, -0.2) is 10.8 Å². The molecular formula is C14H16N2O2. The zero-order chi connectivity index (χ0) is 12.8. The normalized spacial score (nSPS) is 17.0. The molecule has 0 atom stereocenters. The molecule has 0 saturated heterocycles. The van der Waals surface area contributed by atoms with Gasteiger partial charge in [0, 0.05) is 0 Å². The molecule has 3 rings (SSSR count). The Kier molecular flexibility index (Phi) is 2.33. The van der Waals surface area contributed by atoms with Crippen LogP contribution >= 0.6 is 0 Å². The van der Waals surface area contributed by atoms with Crippen LogP contribution in [0.25, 0.3) is 11.1 Å². The molecule has 0 radical (unpaired) electrons. The van der Waals surface area contributed by atoms with Crippen LogP contribution < -0.4 is 10.5 Å². The third kappa shape index (κ3) is 1.83. The van der Waals surface area contributed by atoms with Gasteiger partial charge in [0.05, 0.1) is 11.8 Å². The average Bonchev–Trinajstić information content (AvgIpc) is 2.73. The molecule has 0 unspecified atom stereocenters. The first-order valence-electron chi connectivity index (χ1n) is 6.08. The number of rotatable bonds is 1. The summed E-state index contributed by atoms with van der Waals surface area (Å²) in [5.74, 6) is 1.27. The highest BCUT2D eigenvalue weighted by atomic mass is 16.5. The van der Waals surface area contributed by atoms with Crippen LogP contribution in [0.1, 0.15) is 25.8 Å². The molecule has 4 nitrogen and oxygen atoms in total. The van der Waals surface area contributed by atoms with E-state index in [9.17, 15) is 0 Å². The third-order valence-electron chi connectivity index (χ3n) is 3.36. The Labute approximate surface area is 106 Å². The number of benzene rings is 1. The summed E-state index contributed by atoms with van der Waals surface area (Å²) >= 11 is 0. The summed E-state index contributed by atoms with van der Waals surface area (Å²) in [5.41, 5.74) is 8.66. The van der Waals surface area contributed by atoms with E-state index in [4.69, 9.17) is 15.0 Å². The minimum absolute atomic E-state index is 0.105. The fourth-order valence-corrected chi connectivity index (χ4v) is 2.27. The van der Waals surface area contributed by atoms with Crippen molar-refractivity contribution in [2.24, 2.45) is 0 Å². The topological polar surface area (TPSA) is 61.3 Å². The van der Waals surface area contributed by atoms with Crippen LogP contribution in [0.5, 0.6) is 5.75 Å². The van der Waals surface area contributed by atoms with Gasteiger partial charge in [0.1, 0.15) is 11.4 Å². The van der Waals surface area contributed by atoms with Gasteiger partial charge in [0.25, 0.3) is 0 Å². The lowest BCUT2D eigenvalue weighted by Gasteiger charge is -2.32. The summed E-state index contributed by atoms with van der Waals surface area (Å²) in [4.78, 5) is 0. The lowest BCUT2D eigenvalue weighted by Crippen LogP contribution is -2.32. The number of nitrogens with zero attached hydrogens (tertiary/aromatic N) is 1. The highest BCUT2D eigenvalue weighted by Crippen LogP contribution is 2.37. The lowest BCUT2D eigenvalue weighted by molar-refractivity contribution is 0.0848. The third-order valence-corrected chi connectivity index (χ3v) is 3.36. The molecule has 0 bridgehead atoms. The highest BCUT2D eigenvalue weighted by molar-refractivity contribution is 5.73. The fraction of sp³-hybridized carbons (Fsp3) is 0.357. The summed E-state index contributed by atoms with van der Waals surface area (Å²) in [5, 5.41) is 3.70. The number of hydrogen-bond donors (Lipinski definition) is 1. The van der Waals surface area contributed by atoms with E-state index in [0.717, 1.165) is 29.7 Å². The second-order valence-electron chi connectivity index (χ2n) is 5.29. The van der Waals surface area contributed by atoms with Gasteiger partial charge in [-0.2, -0.15) is 0 Å². The largest absolute Gasteiger partial charge is 0.488 e. The van der Waals surface area contributed by atoms with Crippen LogP contribution in [0.3, 0.4) is 0 Å². The summed E-state index contributed by atoms with van der Waals surface area (Å²) in [6, 6.07) is 6.13. The number of hydrogen-bond acceptors (Lipinski definition) is 4. The van der Waals surface area contributed by atoms with Gasteiger partial charge < -0.3 is 15.0 Å². The summed E-state index contributed by atoms with van der Waals surface area (Å²) in [6.07, 6.45) is 3.71. The molecule has 2 N–H and O–H groups in total. The number of nitrogens with two attached hydrogens (primary N) is 1. The Morgan fingerprint density at radius 3 is 2.89 bits per heavy atom. The zero-order valence-corrected chi connectivity index (χ0v) is 10.6. The number of aromatic nitrogens is 1. The molecule has 1 aliphatic heterocycles. The van der Waals surface area contributed by atoms with Gasteiger partial charge in [-0.05, 0) is 43.9 Å². The molecule has 2 heterocycles. The van der Waals surface area contributed by atoms with Crippen LogP contribution in [-0.2, 0) is 6.42 Å². The van der Waals surface area contributed by atoms with Crippen molar-refractivity contribution in [1.82, 2.24) is 5.16 Å². The van der Waals surface area contributed by atoms with Crippen LogP contribution in [0.2, 0.25) is 0 Å². The SMILES string of the molecule is CC1(C)CCc2ccc(-c3cnoc3N)cc2O1. The molecule has 18 heavy (non-hydrogen) atoms.